The van der Waals surface area contributed by atoms with Crippen LogP contribution in [0.15, 0.2) is 18.2 Å². The minimum absolute atomic E-state index is 0.408. The van der Waals surface area contributed by atoms with Crippen molar-refractivity contribution < 1.29 is 5.11 Å². The number of aliphatic hydroxyl groups excluding tert-OH is 1. The van der Waals surface area contributed by atoms with Gasteiger partial charge in [0, 0.05) is 19.5 Å². The van der Waals surface area contributed by atoms with Crippen molar-refractivity contribution in [2.75, 3.05) is 0 Å². The van der Waals surface area contributed by atoms with E-state index in [0.717, 1.165) is 9.75 Å². The largest absolute Gasteiger partial charge is 0.382 e. The fraction of sp³-hybridized carbons (Fsp3) is 0.385. The van der Waals surface area contributed by atoms with Crippen LogP contribution >= 0.6 is 22.7 Å². The van der Waals surface area contributed by atoms with Gasteiger partial charge in [-0.2, -0.15) is 0 Å². The zero-order chi connectivity index (χ0) is 11.1. The molecule has 0 bridgehead atoms. The van der Waals surface area contributed by atoms with E-state index in [1.54, 1.807) is 22.7 Å². The van der Waals surface area contributed by atoms with Crippen LogP contribution in [0.4, 0.5) is 0 Å². The van der Waals surface area contributed by atoms with Gasteiger partial charge in [-0.25, -0.2) is 0 Å². The number of aliphatic hydroxyl groups is 1. The number of hydrogen-bond donors (Lipinski definition) is 1. The molecule has 0 aromatic carbocycles. The summed E-state index contributed by atoms with van der Waals surface area (Å²) < 4.78 is 0. The van der Waals surface area contributed by atoms with E-state index in [4.69, 9.17) is 0 Å². The van der Waals surface area contributed by atoms with Crippen molar-refractivity contribution in [2.45, 2.75) is 32.3 Å². The molecule has 0 aliphatic heterocycles. The number of hydrogen-bond acceptors (Lipinski definition) is 3. The minimum Gasteiger partial charge on any atom is -0.382 e. The van der Waals surface area contributed by atoms with Crippen LogP contribution in [-0.2, 0) is 12.8 Å². The highest BCUT2D eigenvalue weighted by molar-refractivity contribution is 7.13. The Kier molecular flexibility index (Phi) is 2.62. The Bertz CT molecular complexity index is 488. The monoisotopic (exact) mass is 250 g/mol. The van der Waals surface area contributed by atoms with Gasteiger partial charge < -0.3 is 5.11 Å². The summed E-state index contributed by atoms with van der Waals surface area (Å²) in [5, 5.41) is 10.3. The summed E-state index contributed by atoms with van der Waals surface area (Å²) in [4.78, 5) is 4.93. The molecule has 1 unspecified atom stereocenters. The van der Waals surface area contributed by atoms with Crippen molar-refractivity contribution >= 4 is 22.7 Å². The van der Waals surface area contributed by atoms with Crippen molar-refractivity contribution in [3.63, 3.8) is 0 Å². The average molecular weight is 250 g/mol. The van der Waals surface area contributed by atoms with E-state index in [9.17, 15) is 5.11 Å². The molecule has 1 N–H and O–H groups in total. The Hall–Kier alpha value is -0.640. The third kappa shape index (κ3) is 1.73. The third-order valence-electron chi connectivity index (χ3n) is 3.07. The molecule has 0 spiro atoms. The zero-order valence-electron chi connectivity index (χ0n) is 9.19. The Morgan fingerprint density at radius 3 is 2.75 bits per heavy atom. The highest BCUT2D eigenvalue weighted by atomic mass is 32.1. The molecule has 2 heterocycles. The van der Waals surface area contributed by atoms with Crippen LogP contribution in [0.25, 0.3) is 0 Å². The lowest BCUT2D eigenvalue weighted by Gasteiger charge is -2.05. The molecule has 1 nitrogen and oxygen atoms in total. The molecule has 1 aliphatic rings. The van der Waals surface area contributed by atoms with E-state index in [2.05, 4.69) is 19.1 Å². The normalized spacial score (nSPS) is 16.4. The van der Waals surface area contributed by atoms with Crippen molar-refractivity contribution in [2.24, 2.45) is 0 Å². The molecule has 0 saturated carbocycles. The van der Waals surface area contributed by atoms with Gasteiger partial charge in [0.05, 0.1) is 0 Å². The highest BCUT2D eigenvalue weighted by Crippen LogP contribution is 2.37. The molecule has 1 aliphatic carbocycles. The number of fused-ring (bicyclic) bond motifs is 1. The van der Waals surface area contributed by atoms with E-state index >= 15 is 0 Å². The second-order valence-corrected chi connectivity index (χ2v) is 6.79. The SMILES string of the molecule is Cc1ccc(C(O)c2cc3c(s2)CCC3)s1. The van der Waals surface area contributed by atoms with Crippen LogP contribution in [0.3, 0.4) is 0 Å². The van der Waals surface area contributed by atoms with Gasteiger partial charge in [-0.3, -0.25) is 0 Å². The third-order valence-corrected chi connectivity index (χ3v) is 5.41. The predicted octanol–water partition coefficient (Wildman–Crippen LogP) is 3.69. The molecule has 16 heavy (non-hydrogen) atoms. The van der Waals surface area contributed by atoms with E-state index in [1.807, 2.05) is 6.07 Å². The molecule has 3 rings (SSSR count). The van der Waals surface area contributed by atoms with Crippen LogP contribution in [0.1, 0.15) is 37.6 Å². The summed E-state index contributed by atoms with van der Waals surface area (Å²) in [6.07, 6.45) is 3.28. The lowest BCUT2D eigenvalue weighted by molar-refractivity contribution is 0.228. The Balaban J connectivity index is 1.91. The summed E-state index contributed by atoms with van der Waals surface area (Å²) >= 11 is 3.48. The van der Waals surface area contributed by atoms with E-state index in [0.29, 0.717) is 0 Å². The molecule has 0 radical (unpaired) electrons. The van der Waals surface area contributed by atoms with Crippen LogP contribution in [-0.4, -0.2) is 5.11 Å². The molecule has 2 aromatic heterocycles. The molecule has 84 valence electrons. The maximum absolute atomic E-state index is 10.3. The first kappa shape index (κ1) is 10.5. The van der Waals surface area contributed by atoms with Crippen molar-refractivity contribution in [1.82, 2.24) is 0 Å². The first-order valence-electron chi connectivity index (χ1n) is 5.60. The Morgan fingerprint density at radius 1 is 1.19 bits per heavy atom. The van der Waals surface area contributed by atoms with Gasteiger partial charge in [0.15, 0.2) is 0 Å². The first-order valence-corrected chi connectivity index (χ1v) is 7.23. The van der Waals surface area contributed by atoms with Crippen molar-refractivity contribution in [3.05, 3.63) is 43.3 Å². The quantitative estimate of drug-likeness (QED) is 0.862. The predicted molar refractivity (Wildman–Crippen MR) is 69.5 cm³/mol. The van der Waals surface area contributed by atoms with E-state index in [1.165, 1.54) is 34.6 Å². The lowest BCUT2D eigenvalue weighted by atomic mass is 10.2. The highest BCUT2D eigenvalue weighted by Gasteiger charge is 2.20. The van der Waals surface area contributed by atoms with Crippen molar-refractivity contribution in [3.8, 4) is 0 Å². The van der Waals surface area contributed by atoms with Crippen LogP contribution in [0.2, 0.25) is 0 Å². The topological polar surface area (TPSA) is 20.2 Å². The Labute approximate surface area is 103 Å². The number of rotatable bonds is 2. The van der Waals surface area contributed by atoms with Crippen molar-refractivity contribution in [1.29, 1.82) is 0 Å². The van der Waals surface area contributed by atoms with Gasteiger partial charge in [-0.15, -0.1) is 22.7 Å². The van der Waals surface area contributed by atoms with Gasteiger partial charge in [-0.05, 0) is 49.9 Å². The zero-order valence-corrected chi connectivity index (χ0v) is 10.8. The van der Waals surface area contributed by atoms with Gasteiger partial charge in [0.2, 0.25) is 0 Å². The molecule has 3 heteroatoms. The molecule has 2 aromatic rings. The number of thiophene rings is 2. The number of aryl methyl sites for hydroxylation is 3. The standard InChI is InChI=1S/C13H14OS2/c1-8-5-6-11(15-8)13(14)12-7-9-3-2-4-10(9)16-12/h5-7,13-14H,2-4H2,1H3. The van der Waals surface area contributed by atoms with Gasteiger partial charge in [0.25, 0.3) is 0 Å². The summed E-state index contributed by atoms with van der Waals surface area (Å²) in [6.45, 7) is 2.08. The molecular formula is C13H14OS2. The second kappa shape index (κ2) is 3.99. The fourth-order valence-electron chi connectivity index (χ4n) is 2.23. The molecule has 1 atom stereocenters. The maximum Gasteiger partial charge on any atom is 0.122 e. The van der Waals surface area contributed by atoms with E-state index < -0.39 is 6.10 Å². The van der Waals surface area contributed by atoms with E-state index in [-0.39, 0.29) is 0 Å². The van der Waals surface area contributed by atoms with Crippen LogP contribution in [0.5, 0.6) is 0 Å². The van der Waals surface area contributed by atoms with Crippen LogP contribution < -0.4 is 0 Å². The summed E-state index contributed by atoms with van der Waals surface area (Å²) in [5.74, 6) is 0. The average Bonchev–Trinajstić information content (AvgIpc) is 2.89. The van der Waals surface area contributed by atoms with Gasteiger partial charge in [-0.1, -0.05) is 0 Å². The smallest absolute Gasteiger partial charge is 0.122 e. The van der Waals surface area contributed by atoms with Gasteiger partial charge >= 0.3 is 0 Å². The maximum atomic E-state index is 10.3. The molecule has 0 amide bonds. The molecule has 0 saturated heterocycles. The Morgan fingerprint density at radius 2 is 2.06 bits per heavy atom. The second-order valence-electron chi connectivity index (χ2n) is 4.30. The first-order chi connectivity index (χ1) is 7.74. The fourth-order valence-corrected chi connectivity index (χ4v) is 4.45. The van der Waals surface area contributed by atoms with Gasteiger partial charge in [0.1, 0.15) is 6.10 Å². The summed E-state index contributed by atoms with van der Waals surface area (Å²) in [6, 6.07) is 6.31. The van der Waals surface area contributed by atoms with Crippen LogP contribution in [0, 0.1) is 6.92 Å². The summed E-state index contributed by atoms with van der Waals surface area (Å²) in [7, 11) is 0. The minimum atomic E-state index is -0.408. The molecule has 0 fully saturated rings. The molecular weight excluding hydrogens is 236 g/mol. The lowest BCUT2D eigenvalue weighted by Crippen LogP contribution is -1.93. The summed E-state index contributed by atoms with van der Waals surface area (Å²) in [5.41, 5.74) is 1.47.